The maximum Gasteiger partial charge on any atom is 0.305 e. The van der Waals surface area contributed by atoms with Crippen LogP contribution in [-0.4, -0.2) is 29.4 Å². The van der Waals surface area contributed by atoms with E-state index in [2.05, 4.69) is 20.8 Å². The lowest BCUT2D eigenvalue weighted by atomic mass is 9.83. The van der Waals surface area contributed by atoms with Crippen molar-refractivity contribution in [3.8, 4) is 5.75 Å². The Balaban J connectivity index is 2.68. The Morgan fingerprint density at radius 3 is 2.52 bits per heavy atom. The van der Waals surface area contributed by atoms with Crippen molar-refractivity contribution in [2.75, 3.05) is 13.2 Å². The maximum atomic E-state index is 11.4. The zero-order valence-corrected chi connectivity index (χ0v) is 13.4. The summed E-state index contributed by atoms with van der Waals surface area (Å²) in [4.78, 5) is 11.4. The van der Waals surface area contributed by atoms with E-state index in [0.29, 0.717) is 18.6 Å². The number of hydrogen-bond acceptors (Lipinski definition) is 4. The summed E-state index contributed by atoms with van der Waals surface area (Å²) in [6.07, 6.45) is 1.79. The average Bonchev–Trinajstić information content (AvgIpc) is 2.38. The highest BCUT2D eigenvalue weighted by Crippen LogP contribution is 2.34. The second kappa shape index (κ2) is 7.46. The normalized spacial score (nSPS) is 11.5. The number of aryl methyl sites for hydroxylation is 2. The van der Waals surface area contributed by atoms with Gasteiger partial charge in [-0.2, -0.15) is 0 Å². The van der Waals surface area contributed by atoms with E-state index in [4.69, 9.17) is 9.84 Å². The van der Waals surface area contributed by atoms with Crippen LogP contribution in [0.1, 0.15) is 50.3 Å². The molecule has 0 spiro atoms. The third-order valence-electron chi connectivity index (χ3n) is 3.37. The van der Waals surface area contributed by atoms with Crippen molar-refractivity contribution < 1.29 is 19.7 Å². The molecule has 0 aromatic heterocycles. The molecule has 0 fully saturated rings. The minimum absolute atomic E-state index is 0.0608. The van der Waals surface area contributed by atoms with Crippen molar-refractivity contribution in [2.45, 2.75) is 52.4 Å². The largest absolute Gasteiger partial charge is 0.507 e. The summed E-state index contributed by atoms with van der Waals surface area (Å²) >= 11 is 0. The van der Waals surface area contributed by atoms with Gasteiger partial charge in [-0.1, -0.05) is 32.9 Å². The molecule has 21 heavy (non-hydrogen) atoms. The van der Waals surface area contributed by atoms with E-state index in [1.54, 1.807) is 0 Å². The maximum absolute atomic E-state index is 11.4. The van der Waals surface area contributed by atoms with Crippen molar-refractivity contribution in [3.63, 3.8) is 0 Å². The molecule has 0 saturated carbocycles. The van der Waals surface area contributed by atoms with Crippen LogP contribution in [0.4, 0.5) is 0 Å². The lowest BCUT2D eigenvalue weighted by Gasteiger charge is -2.22. The summed E-state index contributed by atoms with van der Waals surface area (Å²) in [7, 11) is 0. The average molecular weight is 294 g/mol. The third-order valence-corrected chi connectivity index (χ3v) is 3.37. The molecule has 4 heteroatoms. The summed E-state index contributed by atoms with van der Waals surface area (Å²) in [5.74, 6) is 0.0733. The van der Waals surface area contributed by atoms with Crippen molar-refractivity contribution in [3.05, 3.63) is 28.8 Å². The van der Waals surface area contributed by atoms with Gasteiger partial charge in [-0.3, -0.25) is 4.79 Å². The molecule has 0 bridgehead atoms. The molecule has 1 aromatic rings. The van der Waals surface area contributed by atoms with Crippen LogP contribution in [0.3, 0.4) is 0 Å². The summed E-state index contributed by atoms with van der Waals surface area (Å²) < 4.78 is 4.82. The number of hydrogen-bond donors (Lipinski definition) is 2. The van der Waals surface area contributed by atoms with E-state index in [-0.39, 0.29) is 24.6 Å². The van der Waals surface area contributed by atoms with Crippen LogP contribution < -0.4 is 0 Å². The standard InChI is InChI=1S/C17H26O4/c1-12-10-13(6-5-7-15(19)21-9-8-18)11-14(16(12)20)17(2,3)4/h10-11,18,20H,5-9H2,1-4H3. The van der Waals surface area contributed by atoms with Crippen LogP contribution >= 0.6 is 0 Å². The van der Waals surface area contributed by atoms with Gasteiger partial charge < -0.3 is 14.9 Å². The molecule has 1 aromatic carbocycles. The number of phenolic OH excluding ortho intramolecular Hbond substituents is 1. The van der Waals surface area contributed by atoms with Crippen LogP contribution in [0, 0.1) is 6.92 Å². The van der Waals surface area contributed by atoms with Gasteiger partial charge in [-0.05, 0) is 41.9 Å². The van der Waals surface area contributed by atoms with E-state index in [9.17, 15) is 9.90 Å². The fourth-order valence-electron chi connectivity index (χ4n) is 2.24. The van der Waals surface area contributed by atoms with Crippen molar-refractivity contribution in [1.29, 1.82) is 0 Å². The van der Waals surface area contributed by atoms with Gasteiger partial charge in [0.1, 0.15) is 12.4 Å². The zero-order valence-electron chi connectivity index (χ0n) is 13.4. The highest BCUT2D eigenvalue weighted by atomic mass is 16.5. The minimum atomic E-state index is -0.282. The number of ether oxygens (including phenoxy) is 1. The number of carbonyl (C=O) groups excluding carboxylic acids is 1. The van der Waals surface area contributed by atoms with Gasteiger partial charge in [-0.15, -0.1) is 0 Å². The van der Waals surface area contributed by atoms with Crippen molar-refractivity contribution in [2.24, 2.45) is 0 Å². The molecule has 0 aliphatic rings. The third kappa shape index (κ3) is 5.38. The number of aliphatic hydroxyl groups is 1. The minimum Gasteiger partial charge on any atom is -0.507 e. The summed E-state index contributed by atoms with van der Waals surface area (Å²) in [5, 5.41) is 18.8. The van der Waals surface area contributed by atoms with E-state index in [1.807, 2.05) is 19.1 Å². The number of benzene rings is 1. The highest BCUT2D eigenvalue weighted by Gasteiger charge is 2.20. The fourth-order valence-corrected chi connectivity index (χ4v) is 2.24. The molecular weight excluding hydrogens is 268 g/mol. The number of aliphatic hydroxyl groups excluding tert-OH is 1. The Hall–Kier alpha value is -1.55. The van der Waals surface area contributed by atoms with Gasteiger partial charge in [-0.25, -0.2) is 0 Å². The summed E-state index contributed by atoms with van der Waals surface area (Å²) in [5.41, 5.74) is 2.79. The number of aromatic hydroxyl groups is 1. The number of phenols is 1. The molecule has 0 saturated heterocycles. The van der Waals surface area contributed by atoms with Gasteiger partial charge in [0.2, 0.25) is 0 Å². The molecule has 0 heterocycles. The molecule has 4 nitrogen and oxygen atoms in total. The second-order valence-electron chi connectivity index (χ2n) is 6.36. The first-order valence-corrected chi connectivity index (χ1v) is 7.35. The summed E-state index contributed by atoms with van der Waals surface area (Å²) in [6, 6.07) is 3.98. The SMILES string of the molecule is Cc1cc(CCCC(=O)OCCO)cc(C(C)(C)C)c1O. The monoisotopic (exact) mass is 294 g/mol. The molecular formula is C17H26O4. The Bertz CT molecular complexity index is 486. The molecule has 0 aliphatic heterocycles. The van der Waals surface area contributed by atoms with Crippen LogP contribution in [0.2, 0.25) is 0 Å². The number of carbonyl (C=O) groups is 1. The summed E-state index contributed by atoms with van der Waals surface area (Å²) in [6.45, 7) is 8.01. The van der Waals surface area contributed by atoms with Crippen molar-refractivity contribution >= 4 is 5.97 Å². The molecule has 1 rings (SSSR count). The predicted molar refractivity (Wildman–Crippen MR) is 82.5 cm³/mol. The molecule has 2 N–H and O–H groups in total. The van der Waals surface area contributed by atoms with Gasteiger partial charge >= 0.3 is 5.97 Å². The predicted octanol–water partition coefficient (Wildman–Crippen LogP) is 2.86. The van der Waals surface area contributed by atoms with Crippen LogP contribution in [0.5, 0.6) is 5.75 Å². The number of rotatable bonds is 6. The van der Waals surface area contributed by atoms with E-state index >= 15 is 0 Å². The molecule has 0 unspecified atom stereocenters. The Morgan fingerprint density at radius 1 is 1.29 bits per heavy atom. The Morgan fingerprint density at radius 2 is 1.95 bits per heavy atom. The Kier molecular flexibility index (Phi) is 6.21. The quantitative estimate of drug-likeness (QED) is 0.792. The highest BCUT2D eigenvalue weighted by molar-refractivity contribution is 5.69. The van der Waals surface area contributed by atoms with E-state index < -0.39 is 0 Å². The lowest BCUT2D eigenvalue weighted by molar-refractivity contribution is -0.144. The van der Waals surface area contributed by atoms with Gasteiger partial charge in [0.05, 0.1) is 6.61 Å². The van der Waals surface area contributed by atoms with E-state index in [0.717, 1.165) is 23.1 Å². The molecule has 0 aliphatic carbocycles. The van der Waals surface area contributed by atoms with Gasteiger partial charge in [0.15, 0.2) is 0 Å². The first-order valence-electron chi connectivity index (χ1n) is 7.35. The molecule has 0 atom stereocenters. The molecule has 118 valence electrons. The first kappa shape index (κ1) is 17.5. The molecule has 0 radical (unpaired) electrons. The zero-order chi connectivity index (χ0) is 16.0. The van der Waals surface area contributed by atoms with Crippen LogP contribution in [0.25, 0.3) is 0 Å². The smallest absolute Gasteiger partial charge is 0.305 e. The lowest BCUT2D eigenvalue weighted by Crippen LogP contribution is -2.13. The van der Waals surface area contributed by atoms with Crippen molar-refractivity contribution in [1.82, 2.24) is 0 Å². The topological polar surface area (TPSA) is 66.8 Å². The van der Waals surface area contributed by atoms with Gasteiger partial charge in [0, 0.05) is 6.42 Å². The van der Waals surface area contributed by atoms with E-state index in [1.165, 1.54) is 0 Å². The fraction of sp³-hybridized carbons (Fsp3) is 0.588. The van der Waals surface area contributed by atoms with Crippen LogP contribution in [0.15, 0.2) is 12.1 Å². The Labute approximate surface area is 126 Å². The second-order valence-corrected chi connectivity index (χ2v) is 6.36. The molecule has 0 amide bonds. The van der Waals surface area contributed by atoms with Crippen LogP contribution in [-0.2, 0) is 21.4 Å². The first-order chi connectivity index (χ1) is 9.75. The number of esters is 1. The van der Waals surface area contributed by atoms with Gasteiger partial charge in [0.25, 0.3) is 0 Å².